The molecule has 168 valence electrons. The number of hydrogen-bond donors (Lipinski definition) is 3. The molecular formula is C21H16F3N7O2. The summed E-state index contributed by atoms with van der Waals surface area (Å²) in [7, 11) is 0. The van der Waals surface area contributed by atoms with E-state index in [1.165, 1.54) is 19.2 Å². The van der Waals surface area contributed by atoms with E-state index in [0.29, 0.717) is 33.7 Å². The number of nitrogens with zero attached hydrogens (tertiary/aromatic N) is 4. The number of fused-ring (bicyclic) bond motifs is 1. The Balaban J connectivity index is 1.61. The van der Waals surface area contributed by atoms with Crippen LogP contribution in [-0.4, -0.2) is 37.0 Å². The van der Waals surface area contributed by atoms with E-state index in [-0.39, 0.29) is 16.9 Å². The summed E-state index contributed by atoms with van der Waals surface area (Å²) in [5.41, 5.74) is 6.58. The van der Waals surface area contributed by atoms with Crippen LogP contribution in [0.15, 0.2) is 36.5 Å². The Hall–Kier alpha value is -4.35. The highest BCUT2D eigenvalue weighted by atomic mass is 19.4. The Kier molecular flexibility index (Phi) is 5.28. The van der Waals surface area contributed by atoms with Gasteiger partial charge in [-0.25, -0.2) is 15.0 Å². The van der Waals surface area contributed by atoms with E-state index in [1.54, 1.807) is 25.1 Å². The van der Waals surface area contributed by atoms with Crippen LogP contribution in [0.1, 0.15) is 37.8 Å². The van der Waals surface area contributed by atoms with Gasteiger partial charge in [-0.15, -0.1) is 0 Å². The van der Waals surface area contributed by atoms with Crippen molar-refractivity contribution >= 4 is 28.5 Å². The van der Waals surface area contributed by atoms with Crippen LogP contribution in [0.5, 0.6) is 0 Å². The molecule has 0 bridgehead atoms. The predicted octanol–water partition coefficient (Wildman–Crippen LogP) is 3.40. The average molecular weight is 455 g/mol. The van der Waals surface area contributed by atoms with Gasteiger partial charge in [-0.3, -0.25) is 14.7 Å². The Morgan fingerprint density at radius 1 is 1.06 bits per heavy atom. The fraction of sp³-hybridized carbons (Fsp3) is 0.143. The second-order valence-electron chi connectivity index (χ2n) is 7.26. The van der Waals surface area contributed by atoms with Gasteiger partial charge in [-0.1, -0.05) is 0 Å². The molecule has 4 N–H and O–H groups in total. The molecule has 0 fully saturated rings. The van der Waals surface area contributed by atoms with Crippen LogP contribution in [0, 0.1) is 13.8 Å². The smallest absolute Gasteiger partial charge is 0.364 e. The molecule has 12 heteroatoms. The van der Waals surface area contributed by atoms with Crippen molar-refractivity contribution in [3.63, 3.8) is 0 Å². The molecule has 0 aliphatic rings. The summed E-state index contributed by atoms with van der Waals surface area (Å²) >= 11 is 0. The molecule has 3 aromatic heterocycles. The maximum absolute atomic E-state index is 13.0. The summed E-state index contributed by atoms with van der Waals surface area (Å²) in [6.07, 6.45) is -3.31. The molecule has 0 aliphatic heterocycles. The number of pyridine rings is 1. The number of benzene rings is 1. The van der Waals surface area contributed by atoms with Crippen LogP contribution in [0.3, 0.4) is 0 Å². The first-order chi connectivity index (χ1) is 15.5. The van der Waals surface area contributed by atoms with E-state index in [2.05, 4.69) is 30.5 Å². The molecule has 4 aromatic rings. The number of hydrogen-bond acceptors (Lipinski definition) is 6. The van der Waals surface area contributed by atoms with Crippen LogP contribution < -0.4 is 11.1 Å². The summed E-state index contributed by atoms with van der Waals surface area (Å²) in [4.78, 5) is 35.7. The summed E-state index contributed by atoms with van der Waals surface area (Å²) in [5.74, 6) is -0.982. The minimum atomic E-state index is -4.56. The molecule has 33 heavy (non-hydrogen) atoms. The zero-order valence-electron chi connectivity index (χ0n) is 17.3. The van der Waals surface area contributed by atoms with Crippen molar-refractivity contribution in [1.29, 1.82) is 0 Å². The van der Waals surface area contributed by atoms with Crippen LogP contribution in [0.4, 0.5) is 18.9 Å². The molecule has 1 aromatic carbocycles. The number of aromatic amines is 1. The maximum Gasteiger partial charge on any atom is 0.433 e. The number of nitrogens with one attached hydrogen (secondary N) is 2. The fourth-order valence-corrected chi connectivity index (χ4v) is 3.16. The third-order valence-corrected chi connectivity index (χ3v) is 4.84. The molecule has 0 saturated heterocycles. The van der Waals surface area contributed by atoms with Gasteiger partial charge < -0.3 is 11.1 Å². The van der Waals surface area contributed by atoms with Gasteiger partial charge in [0, 0.05) is 17.3 Å². The Morgan fingerprint density at radius 3 is 2.45 bits per heavy atom. The summed E-state index contributed by atoms with van der Waals surface area (Å²) < 4.78 is 39.0. The lowest BCUT2D eigenvalue weighted by atomic mass is 10.1. The third-order valence-electron chi connectivity index (χ3n) is 4.84. The third kappa shape index (κ3) is 4.35. The highest BCUT2D eigenvalue weighted by molar-refractivity contribution is 6.04. The van der Waals surface area contributed by atoms with E-state index in [9.17, 15) is 22.8 Å². The largest absolute Gasteiger partial charge is 0.433 e. The minimum absolute atomic E-state index is 0.0431. The highest BCUT2D eigenvalue weighted by Gasteiger charge is 2.33. The lowest BCUT2D eigenvalue weighted by molar-refractivity contribution is -0.141. The lowest BCUT2D eigenvalue weighted by Gasteiger charge is -2.11. The molecule has 0 spiro atoms. The molecule has 0 radical (unpaired) electrons. The van der Waals surface area contributed by atoms with Gasteiger partial charge in [0.05, 0.1) is 11.7 Å². The molecule has 0 aliphatic carbocycles. The normalized spacial score (nSPS) is 11.5. The number of nitrogens with two attached hydrogens (primary N) is 1. The van der Waals surface area contributed by atoms with Gasteiger partial charge in [0.25, 0.3) is 11.8 Å². The molecule has 2 amide bonds. The van der Waals surface area contributed by atoms with Crippen LogP contribution >= 0.6 is 0 Å². The zero-order chi connectivity index (χ0) is 23.9. The topological polar surface area (TPSA) is 140 Å². The number of primary amides is 1. The Labute approximate surface area is 184 Å². The highest BCUT2D eigenvalue weighted by Crippen LogP contribution is 2.31. The van der Waals surface area contributed by atoms with Crippen molar-refractivity contribution in [2.75, 3.05) is 5.32 Å². The Bertz CT molecular complexity index is 1410. The van der Waals surface area contributed by atoms with Gasteiger partial charge in [-0.05, 0) is 49.2 Å². The van der Waals surface area contributed by atoms with Gasteiger partial charge in [0.1, 0.15) is 16.9 Å². The predicted molar refractivity (Wildman–Crippen MR) is 112 cm³/mol. The number of alkyl halides is 3. The summed E-state index contributed by atoms with van der Waals surface area (Å²) in [6, 6.07) is 7.22. The maximum atomic E-state index is 13.0. The second kappa shape index (κ2) is 7.97. The van der Waals surface area contributed by atoms with E-state index in [4.69, 9.17) is 5.73 Å². The summed E-state index contributed by atoms with van der Waals surface area (Å²) in [5, 5.41) is 8.80. The first-order valence-corrected chi connectivity index (χ1v) is 9.52. The van der Waals surface area contributed by atoms with Crippen molar-refractivity contribution < 1.29 is 22.8 Å². The van der Waals surface area contributed by atoms with E-state index >= 15 is 0 Å². The zero-order valence-corrected chi connectivity index (χ0v) is 17.3. The van der Waals surface area contributed by atoms with Crippen LogP contribution in [0.2, 0.25) is 0 Å². The van der Waals surface area contributed by atoms with Gasteiger partial charge in [0.15, 0.2) is 11.5 Å². The fourth-order valence-electron chi connectivity index (χ4n) is 3.16. The van der Waals surface area contributed by atoms with E-state index in [1.807, 2.05) is 0 Å². The Morgan fingerprint density at radius 2 is 1.82 bits per heavy atom. The van der Waals surface area contributed by atoms with Crippen molar-refractivity contribution in [2.45, 2.75) is 20.0 Å². The number of carbonyl (C=O) groups excluding carboxylic acids is 2. The van der Waals surface area contributed by atoms with Crippen molar-refractivity contribution in [3.05, 3.63) is 64.7 Å². The van der Waals surface area contributed by atoms with E-state index < -0.39 is 23.7 Å². The van der Waals surface area contributed by atoms with Gasteiger partial charge >= 0.3 is 6.18 Å². The molecule has 0 atom stereocenters. The first-order valence-electron chi connectivity index (χ1n) is 9.52. The van der Waals surface area contributed by atoms with Gasteiger partial charge in [0.2, 0.25) is 0 Å². The lowest BCUT2D eigenvalue weighted by Crippen LogP contribution is -2.13. The van der Waals surface area contributed by atoms with Gasteiger partial charge in [-0.2, -0.15) is 18.3 Å². The number of aryl methyl sites for hydroxylation is 2. The van der Waals surface area contributed by atoms with Crippen molar-refractivity contribution in [1.82, 2.24) is 25.1 Å². The standard InChI is InChI=1S/C21H16F3N7O2/c1-9-5-11(3-4-12(9)28-20(33)14-7-13(18(25)32)30-31-14)19-26-8-15-17(29-19)10(2)6-16(27-15)21(22,23)24/h3-8H,1-2H3,(H2,25,32)(H,28,33)(H,30,31). The minimum Gasteiger partial charge on any atom is -0.364 e. The first kappa shape index (κ1) is 21.9. The number of amides is 2. The number of H-pyrrole nitrogens is 1. The average Bonchev–Trinajstić information content (AvgIpc) is 3.25. The number of halogens is 3. The number of rotatable bonds is 4. The number of carbonyl (C=O) groups is 2. The number of aromatic nitrogens is 5. The van der Waals surface area contributed by atoms with E-state index in [0.717, 1.165) is 6.07 Å². The molecule has 9 nitrogen and oxygen atoms in total. The van der Waals surface area contributed by atoms with Crippen LogP contribution in [-0.2, 0) is 6.18 Å². The second-order valence-corrected chi connectivity index (χ2v) is 7.26. The molecule has 0 saturated carbocycles. The quantitative estimate of drug-likeness (QED) is 0.431. The molecular weight excluding hydrogens is 439 g/mol. The summed E-state index contributed by atoms with van der Waals surface area (Å²) in [6.45, 7) is 3.28. The monoisotopic (exact) mass is 455 g/mol. The molecule has 3 heterocycles. The molecule has 4 rings (SSSR count). The van der Waals surface area contributed by atoms with Crippen molar-refractivity contribution in [2.24, 2.45) is 5.73 Å². The SMILES string of the molecule is Cc1cc(-c2ncc3nc(C(F)(F)F)cc(C)c3n2)ccc1NC(=O)c1cc(C(N)=O)n[nH]1. The van der Waals surface area contributed by atoms with Crippen LogP contribution in [0.25, 0.3) is 22.4 Å². The molecule has 0 unspecified atom stereocenters. The van der Waals surface area contributed by atoms with Crippen molar-refractivity contribution in [3.8, 4) is 11.4 Å². The number of anilines is 1.